The second-order valence-electron chi connectivity index (χ2n) is 14.6. The normalized spacial score (nSPS) is 12.9. The Labute approximate surface area is 334 Å². The molecule has 0 heterocycles. The molecule has 0 radical (unpaired) electrons. The van der Waals surface area contributed by atoms with Crippen molar-refractivity contribution in [2.45, 2.75) is 207 Å². The Kier molecular flexibility index (Phi) is 42.5. The van der Waals surface area contributed by atoms with E-state index in [1.807, 2.05) is 12.2 Å². The number of hydrogen-bond donors (Lipinski definition) is 0. The van der Waals surface area contributed by atoms with Crippen LogP contribution in [0.15, 0.2) is 72.9 Å². The van der Waals surface area contributed by atoms with E-state index in [0.717, 1.165) is 64.2 Å². The van der Waals surface area contributed by atoms with Gasteiger partial charge in [-0.15, -0.1) is 0 Å². The van der Waals surface area contributed by atoms with Gasteiger partial charge < -0.3 is 14.2 Å². The molecule has 0 aromatic heterocycles. The second-order valence-corrected chi connectivity index (χ2v) is 14.6. The van der Waals surface area contributed by atoms with Gasteiger partial charge in [0.25, 0.3) is 0 Å². The molecule has 0 spiro atoms. The molecule has 5 heteroatoms. The minimum absolute atomic E-state index is 0.0275. The molecule has 0 aliphatic rings. The third-order valence-electron chi connectivity index (χ3n) is 9.26. The van der Waals surface area contributed by atoms with Gasteiger partial charge in [-0.1, -0.05) is 190 Å². The Morgan fingerprint density at radius 1 is 0.444 bits per heavy atom. The molecule has 1 unspecified atom stereocenters. The van der Waals surface area contributed by atoms with Gasteiger partial charge in [-0.2, -0.15) is 0 Å². The van der Waals surface area contributed by atoms with Crippen LogP contribution in [0.2, 0.25) is 0 Å². The first-order valence-corrected chi connectivity index (χ1v) is 22.5. The Bertz CT molecular complexity index is 988. The lowest BCUT2D eigenvalue weighted by molar-refractivity contribution is -0.162. The fourth-order valence-electron chi connectivity index (χ4n) is 5.93. The van der Waals surface area contributed by atoms with E-state index in [2.05, 4.69) is 81.5 Å². The van der Waals surface area contributed by atoms with Crippen molar-refractivity contribution < 1.29 is 23.8 Å². The Morgan fingerprint density at radius 2 is 0.889 bits per heavy atom. The SMILES string of the molecule is CC/C=C\C/C=C\C/C=C\C/C=C\C/C=C\CC(=O)OCC(COCCCCCCCC/C=C\CCCCCCCC)OC(=O)CCCCCCCCC. The van der Waals surface area contributed by atoms with Crippen LogP contribution < -0.4 is 0 Å². The fraction of sp³-hybridized carbons (Fsp3) is 0.714. The zero-order valence-corrected chi connectivity index (χ0v) is 35.5. The van der Waals surface area contributed by atoms with Gasteiger partial charge in [0.15, 0.2) is 6.10 Å². The summed E-state index contributed by atoms with van der Waals surface area (Å²) in [7, 11) is 0. The molecule has 0 aliphatic carbocycles. The van der Waals surface area contributed by atoms with E-state index >= 15 is 0 Å². The average Bonchev–Trinajstić information content (AvgIpc) is 3.17. The zero-order valence-electron chi connectivity index (χ0n) is 35.5. The lowest BCUT2D eigenvalue weighted by Gasteiger charge is -2.18. The molecule has 54 heavy (non-hydrogen) atoms. The summed E-state index contributed by atoms with van der Waals surface area (Å²) in [5.74, 6) is -0.555. The summed E-state index contributed by atoms with van der Waals surface area (Å²) in [6.07, 6.45) is 56.5. The second kappa shape index (κ2) is 44.7. The highest BCUT2D eigenvalue weighted by atomic mass is 16.6. The number of esters is 2. The number of hydrogen-bond acceptors (Lipinski definition) is 5. The maximum absolute atomic E-state index is 12.6. The number of ether oxygens (including phenoxy) is 3. The Hall–Kier alpha value is -2.66. The zero-order chi connectivity index (χ0) is 39.3. The lowest BCUT2D eigenvalue weighted by atomic mass is 10.1. The highest BCUT2D eigenvalue weighted by Crippen LogP contribution is 2.12. The molecule has 0 aromatic rings. The molecule has 310 valence electrons. The van der Waals surface area contributed by atoms with Crippen LogP contribution in [0.4, 0.5) is 0 Å². The quantitative estimate of drug-likeness (QED) is 0.0354. The molecular weight excluding hydrogens is 669 g/mol. The minimum Gasteiger partial charge on any atom is -0.461 e. The van der Waals surface area contributed by atoms with Gasteiger partial charge in [0, 0.05) is 13.0 Å². The van der Waals surface area contributed by atoms with E-state index < -0.39 is 6.10 Å². The number of carbonyl (C=O) groups excluding carboxylic acids is 2. The predicted octanol–water partition coefficient (Wildman–Crippen LogP) is 14.8. The number of carbonyl (C=O) groups is 2. The van der Waals surface area contributed by atoms with Crippen molar-refractivity contribution in [3.05, 3.63) is 72.9 Å². The fourth-order valence-corrected chi connectivity index (χ4v) is 5.93. The average molecular weight is 753 g/mol. The van der Waals surface area contributed by atoms with Crippen LogP contribution in [0.1, 0.15) is 201 Å². The van der Waals surface area contributed by atoms with E-state index in [4.69, 9.17) is 14.2 Å². The van der Waals surface area contributed by atoms with Gasteiger partial charge in [-0.25, -0.2) is 0 Å². The summed E-state index contributed by atoms with van der Waals surface area (Å²) in [6, 6.07) is 0. The molecule has 0 saturated carbocycles. The smallest absolute Gasteiger partial charge is 0.309 e. The van der Waals surface area contributed by atoms with Crippen LogP contribution in [-0.4, -0.2) is 37.9 Å². The van der Waals surface area contributed by atoms with E-state index in [9.17, 15) is 9.59 Å². The third kappa shape index (κ3) is 42.1. The summed E-state index contributed by atoms with van der Waals surface area (Å²) in [4.78, 5) is 25.0. The topological polar surface area (TPSA) is 61.8 Å². The molecule has 5 nitrogen and oxygen atoms in total. The van der Waals surface area contributed by atoms with E-state index in [1.165, 1.54) is 103 Å². The number of unbranched alkanes of at least 4 members (excludes halogenated alkanes) is 18. The largest absolute Gasteiger partial charge is 0.461 e. The Morgan fingerprint density at radius 3 is 1.41 bits per heavy atom. The molecule has 0 fully saturated rings. The number of rotatable bonds is 40. The van der Waals surface area contributed by atoms with Gasteiger partial charge >= 0.3 is 11.9 Å². The van der Waals surface area contributed by atoms with E-state index in [-0.39, 0.29) is 31.6 Å². The standard InChI is InChI=1S/C49H84O5/c1-4-7-10-13-16-18-20-22-24-26-28-30-32-35-38-41-44-52-45-47(54-49(51)43-40-37-33-15-12-9-6-3)46-53-48(50)42-39-36-34-31-29-27-25-23-21-19-17-14-11-8-5-2/h8,11,17,19,22-25,29,31,36,39,47H,4-7,9-10,12-16,18,20-21,26-28,30,32-35,37-38,40-46H2,1-3H3/b11-8-,19-17-,24-22-,25-23-,31-29-,39-36-. The summed E-state index contributed by atoms with van der Waals surface area (Å²) in [5, 5.41) is 0. The monoisotopic (exact) mass is 753 g/mol. The van der Waals surface area contributed by atoms with Gasteiger partial charge in [0.2, 0.25) is 0 Å². The van der Waals surface area contributed by atoms with Crippen LogP contribution in [0.25, 0.3) is 0 Å². The highest BCUT2D eigenvalue weighted by molar-refractivity contribution is 5.71. The van der Waals surface area contributed by atoms with Gasteiger partial charge in [-0.3, -0.25) is 9.59 Å². The molecule has 0 rings (SSSR count). The lowest BCUT2D eigenvalue weighted by Crippen LogP contribution is -2.30. The van der Waals surface area contributed by atoms with Gasteiger partial charge in [0.05, 0.1) is 13.0 Å². The van der Waals surface area contributed by atoms with Gasteiger partial charge in [-0.05, 0) is 70.6 Å². The summed E-state index contributed by atoms with van der Waals surface area (Å²) in [5.41, 5.74) is 0. The van der Waals surface area contributed by atoms with Crippen LogP contribution in [0, 0.1) is 0 Å². The van der Waals surface area contributed by atoms with Crippen molar-refractivity contribution in [3.8, 4) is 0 Å². The summed E-state index contributed by atoms with van der Waals surface area (Å²) >= 11 is 0. The first-order chi connectivity index (χ1) is 26.6. The molecule has 0 amide bonds. The third-order valence-corrected chi connectivity index (χ3v) is 9.26. The van der Waals surface area contributed by atoms with Crippen LogP contribution in [0.5, 0.6) is 0 Å². The maximum atomic E-state index is 12.6. The highest BCUT2D eigenvalue weighted by Gasteiger charge is 2.17. The van der Waals surface area contributed by atoms with E-state index in [0.29, 0.717) is 13.0 Å². The van der Waals surface area contributed by atoms with Crippen molar-refractivity contribution in [2.75, 3.05) is 19.8 Å². The molecule has 0 N–H and O–H groups in total. The van der Waals surface area contributed by atoms with Crippen molar-refractivity contribution in [2.24, 2.45) is 0 Å². The summed E-state index contributed by atoms with van der Waals surface area (Å²) in [6.45, 7) is 7.54. The first-order valence-electron chi connectivity index (χ1n) is 22.5. The maximum Gasteiger partial charge on any atom is 0.309 e. The molecule has 0 aliphatic heterocycles. The molecule has 0 bridgehead atoms. The number of allylic oxidation sites excluding steroid dienone is 11. The van der Waals surface area contributed by atoms with Gasteiger partial charge in [0.1, 0.15) is 6.61 Å². The predicted molar refractivity (Wildman–Crippen MR) is 233 cm³/mol. The van der Waals surface area contributed by atoms with E-state index in [1.54, 1.807) is 0 Å². The molecule has 0 aromatic carbocycles. The van der Waals surface area contributed by atoms with Crippen molar-refractivity contribution in [1.82, 2.24) is 0 Å². The molecular formula is C49H84O5. The minimum atomic E-state index is -0.575. The van der Waals surface area contributed by atoms with Crippen molar-refractivity contribution in [3.63, 3.8) is 0 Å². The first kappa shape index (κ1) is 51.3. The molecule has 1 atom stereocenters. The van der Waals surface area contributed by atoms with Crippen LogP contribution in [-0.2, 0) is 23.8 Å². The molecule has 0 saturated heterocycles. The van der Waals surface area contributed by atoms with Crippen molar-refractivity contribution >= 4 is 11.9 Å². The Balaban J connectivity index is 4.29. The summed E-state index contributed by atoms with van der Waals surface area (Å²) < 4.78 is 17.1. The van der Waals surface area contributed by atoms with Crippen molar-refractivity contribution in [1.29, 1.82) is 0 Å². The van der Waals surface area contributed by atoms with Crippen LogP contribution >= 0.6 is 0 Å². The van der Waals surface area contributed by atoms with Crippen LogP contribution in [0.3, 0.4) is 0 Å².